The van der Waals surface area contributed by atoms with Crippen LogP contribution in [0.15, 0.2) is 158 Å². The molecule has 0 atom stereocenters. The van der Waals surface area contributed by atoms with Gasteiger partial charge < -0.3 is 0 Å². The zero-order valence-corrected chi connectivity index (χ0v) is 24.2. The summed E-state index contributed by atoms with van der Waals surface area (Å²) in [5, 5.41) is 10.4. The molecule has 0 aliphatic rings. The van der Waals surface area contributed by atoms with Gasteiger partial charge in [-0.05, 0) is 90.0 Å². The zero-order chi connectivity index (χ0) is 28.3. The summed E-state index contributed by atoms with van der Waals surface area (Å²) in [6.07, 6.45) is 0. The Balaban J connectivity index is 1.38. The van der Waals surface area contributed by atoms with Gasteiger partial charge in [-0.2, -0.15) is 0 Å². The summed E-state index contributed by atoms with van der Waals surface area (Å²) in [7, 11) is 0. The van der Waals surface area contributed by atoms with Crippen LogP contribution in [0, 0.1) is 0 Å². The van der Waals surface area contributed by atoms with Gasteiger partial charge in [-0.25, -0.2) is 0 Å². The third-order valence-electron chi connectivity index (χ3n) is 8.82. The van der Waals surface area contributed by atoms with Gasteiger partial charge in [-0.3, -0.25) is 0 Å². The van der Waals surface area contributed by atoms with Gasteiger partial charge in [0.25, 0.3) is 0 Å². The van der Waals surface area contributed by atoms with Crippen molar-refractivity contribution in [2.24, 2.45) is 0 Å². The molecule has 8 aromatic carbocycles. The van der Waals surface area contributed by atoms with Crippen LogP contribution in [-0.4, -0.2) is 0 Å². The van der Waals surface area contributed by atoms with Crippen molar-refractivity contribution in [1.29, 1.82) is 0 Å². The smallest absolute Gasteiger partial charge is 0.0362 e. The van der Waals surface area contributed by atoms with E-state index in [0.717, 1.165) is 0 Å². The average Bonchev–Trinajstić information content (AvgIpc) is 3.44. The Labute approximate surface area is 254 Å². The molecule has 43 heavy (non-hydrogen) atoms. The molecule has 0 amide bonds. The fourth-order valence-corrected chi connectivity index (χ4v) is 8.08. The van der Waals surface area contributed by atoms with Gasteiger partial charge in [0.2, 0.25) is 0 Å². The number of hydrogen-bond acceptors (Lipinski definition) is 1. The lowest BCUT2D eigenvalue weighted by molar-refractivity contribution is 1.65. The molecule has 0 radical (unpaired) electrons. The van der Waals surface area contributed by atoms with Gasteiger partial charge >= 0.3 is 0 Å². The van der Waals surface area contributed by atoms with E-state index in [-0.39, 0.29) is 0 Å². The Morgan fingerprint density at radius 3 is 1.60 bits per heavy atom. The van der Waals surface area contributed by atoms with Crippen molar-refractivity contribution < 1.29 is 0 Å². The maximum atomic E-state index is 2.42. The molecule has 0 saturated heterocycles. The highest BCUT2D eigenvalue weighted by atomic mass is 32.1. The van der Waals surface area contributed by atoms with Crippen LogP contribution in [0.25, 0.3) is 85.9 Å². The lowest BCUT2D eigenvalue weighted by Gasteiger charge is -2.18. The average molecular weight is 563 g/mol. The van der Waals surface area contributed by atoms with Gasteiger partial charge in [-0.15, -0.1) is 11.3 Å². The van der Waals surface area contributed by atoms with Crippen molar-refractivity contribution in [2.75, 3.05) is 0 Å². The first kappa shape index (κ1) is 24.4. The quantitative estimate of drug-likeness (QED) is 0.188. The summed E-state index contributed by atoms with van der Waals surface area (Å²) in [6, 6.07) is 57.9. The lowest BCUT2D eigenvalue weighted by Crippen LogP contribution is -1.91. The highest BCUT2D eigenvalue weighted by molar-refractivity contribution is 7.26. The Morgan fingerprint density at radius 2 is 0.930 bits per heavy atom. The molecule has 1 heterocycles. The van der Waals surface area contributed by atoms with Gasteiger partial charge in [-0.1, -0.05) is 133 Å². The normalized spacial score (nSPS) is 11.7. The van der Waals surface area contributed by atoms with E-state index in [1.165, 1.54) is 85.9 Å². The largest absolute Gasteiger partial charge is 0.135 e. The second kappa shape index (κ2) is 9.66. The molecule has 1 heteroatoms. The van der Waals surface area contributed by atoms with Crippen LogP contribution in [0.5, 0.6) is 0 Å². The molecule has 0 spiro atoms. The fraction of sp³-hybridized carbons (Fsp3) is 0. The van der Waals surface area contributed by atoms with E-state index >= 15 is 0 Å². The summed E-state index contributed by atoms with van der Waals surface area (Å²) in [5.41, 5.74) is 7.67. The molecule has 0 aliphatic carbocycles. The number of thiophene rings is 1. The maximum absolute atomic E-state index is 2.42. The molecule has 0 fully saturated rings. The van der Waals surface area contributed by atoms with Crippen molar-refractivity contribution in [3.8, 4) is 33.4 Å². The molecule has 0 unspecified atom stereocenters. The third-order valence-corrected chi connectivity index (χ3v) is 9.94. The molecule has 9 rings (SSSR count). The van der Waals surface area contributed by atoms with Crippen LogP contribution >= 0.6 is 11.3 Å². The fourth-order valence-electron chi connectivity index (χ4n) is 6.92. The second-order valence-electron chi connectivity index (χ2n) is 11.3. The highest BCUT2D eigenvalue weighted by Gasteiger charge is 2.19. The molecular weight excluding hydrogens is 537 g/mol. The molecule has 0 bridgehead atoms. The summed E-state index contributed by atoms with van der Waals surface area (Å²) in [6.45, 7) is 0. The van der Waals surface area contributed by atoms with Crippen LogP contribution in [0.2, 0.25) is 0 Å². The zero-order valence-electron chi connectivity index (χ0n) is 23.4. The number of hydrogen-bond donors (Lipinski definition) is 0. The van der Waals surface area contributed by atoms with Crippen molar-refractivity contribution in [3.05, 3.63) is 158 Å². The Hall–Kier alpha value is -5.24. The Morgan fingerprint density at radius 1 is 0.326 bits per heavy atom. The summed E-state index contributed by atoms with van der Waals surface area (Å²) in [5.74, 6) is 0. The molecule has 0 nitrogen and oxygen atoms in total. The van der Waals surface area contributed by atoms with E-state index in [0.29, 0.717) is 0 Å². The van der Waals surface area contributed by atoms with E-state index in [2.05, 4.69) is 158 Å². The lowest BCUT2D eigenvalue weighted by atomic mass is 9.85. The number of rotatable bonds is 3. The Bertz CT molecular complexity index is 2430. The third kappa shape index (κ3) is 3.82. The molecule has 9 aromatic rings. The van der Waals surface area contributed by atoms with E-state index in [1.807, 2.05) is 11.3 Å². The number of benzene rings is 8. The molecule has 0 N–H and O–H groups in total. The number of fused-ring (bicyclic) bond motifs is 6. The highest BCUT2D eigenvalue weighted by Crippen LogP contribution is 2.48. The van der Waals surface area contributed by atoms with Crippen LogP contribution in [0.1, 0.15) is 0 Å². The minimum Gasteiger partial charge on any atom is -0.135 e. The first-order valence-electron chi connectivity index (χ1n) is 14.8. The predicted molar refractivity (Wildman–Crippen MR) is 188 cm³/mol. The topological polar surface area (TPSA) is 0 Å². The SMILES string of the molecule is c1ccc(-c2ccc3cc4sc5cccc(-c6c7ccccc7c(-c7ccccc7)c7ccccc67)c5c4cc3c2)cc1. The summed E-state index contributed by atoms with van der Waals surface area (Å²) >= 11 is 1.90. The van der Waals surface area contributed by atoms with E-state index < -0.39 is 0 Å². The van der Waals surface area contributed by atoms with Crippen molar-refractivity contribution in [2.45, 2.75) is 0 Å². The molecule has 0 aliphatic heterocycles. The monoisotopic (exact) mass is 562 g/mol. The van der Waals surface area contributed by atoms with Crippen LogP contribution < -0.4 is 0 Å². The van der Waals surface area contributed by atoms with Crippen LogP contribution in [0.3, 0.4) is 0 Å². The molecule has 1 aromatic heterocycles. The minimum absolute atomic E-state index is 1.25. The van der Waals surface area contributed by atoms with Gasteiger partial charge in [0.1, 0.15) is 0 Å². The van der Waals surface area contributed by atoms with E-state index in [4.69, 9.17) is 0 Å². The predicted octanol–water partition coefficient (Wildman–Crippen LogP) is 12.5. The first-order chi connectivity index (χ1) is 21.3. The molecular formula is C42H26S. The summed E-state index contributed by atoms with van der Waals surface area (Å²) in [4.78, 5) is 0. The second-order valence-corrected chi connectivity index (χ2v) is 12.3. The minimum atomic E-state index is 1.25. The Kier molecular flexibility index (Phi) is 5.47. The standard InChI is InChI=1S/C42H26S/c1-3-12-27(13-4-1)29-22-23-30-26-39-37(25-31(30)24-29)42-36(20-11-21-38(42)43-39)41-34-18-9-7-16-32(34)40(28-14-5-2-6-15-28)33-17-8-10-19-35(33)41/h1-26H. The molecule has 200 valence electrons. The summed E-state index contributed by atoms with van der Waals surface area (Å²) < 4.78 is 2.66. The van der Waals surface area contributed by atoms with Gasteiger partial charge in [0, 0.05) is 20.2 Å². The van der Waals surface area contributed by atoms with E-state index in [1.54, 1.807) is 0 Å². The van der Waals surface area contributed by atoms with Crippen molar-refractivity contribution in [1.82, 2.24) is 0 Å². The van der Waals surface area contributed by atoms with Crippen LogP contribution in [0.4, 0.5) is 0 Å². The van der Waals surface area contributed by atoms with Gasteiger partial charge in [0.05, 0.1) is 0 Å². The van der Waals surface area contributed by atoms with E-state index in [9.17, 15) is 0 Å². The first-order valence-corrected chi connectivity index (χ1v) is 15.6. The van der Waals surface area contributed by atoms with Gasteiger partial charge in [0.15, 0.2) is 0 Å². The molecule has 0 saturated carbocycles. The van der Waals surface area contributed by atoms with Crippen molar-refractivity contribution in [3.63, 3.8) is 0 Å². The maximum Gasteiger partial charge on any atom is 0.0362 e. The van der Waals surface area contributed by atoms with Crippen LogP contribution in [-0.2, 0) is 0 Å². The van der Waals surface area contributed by atoms with Crippen molar-refractivity contribution >= 4 is 63.8 Å².